The summed E-state index contributed by atoms with van der Waals surface area (Å²) in [4.78, 5) is 9.51. The smallest absolute Gasteiger partial charge is 0.160 e. The summed E-state index contributed by atoms with van der Waals surface area (Å²) in [5.41, 5.74) is 3.04. The second kappa shape index (κ2) is 5.22. The van der Waals surface area contributed by atoms with Crippen molar-refractivity contribution in [2.75, 3.05) is 38.1 Å². The van der Waals surface area contributed by atoms with E-state index in [-0.39, 0.29) is 0 Å². The van der Waals surface area contributed by atoms with Gasteiger partial charge in [-0.15, -0.1) is 11.6 Å². The number of piperazine rings is 1. The first-order valence-corrected chi connectivity index (χ1v) is 7.46. The minimum absolute atomic E-state index is 0.485. The fourth-order valence-electron chi connectivity index (χ4n) is 2.77. The van der Waals surface area contributed by atoms with Crippen molar-refractivity contribution in [2.24, 2.45) is 7.05 Å². The van der Waals surface area contributed by atoms with Crippen LogP contribution in [0.25, 0.3) is 11.0 Å². The lowest BCUT2D eigenvalue weighted by Crippen LogP contribution is -2.45. The van der Waals surface area contributed by atoms with Crippen LogP contribution in [-0.4, -0.2) is 52.9 Å². The van der Waals surface area contributed by atoms with Gasteiger partial charge in [0.2, 0.25) is 0 Å². The average Bonchev–Trinajstić information content (AvgIpc) is 2.73. The second-order valence-electron chi connectivity index (χ2n) is 5.48. The van der Waals surface area contributed by atoms with E-state index < -0.39 is 0 Å². The van der Waals surface area contributed by atoms with Crippen LogP contribution in [0.4, 0.5) is 5.82 Å². The van der Waals surface area contributed by atoms with Gasteiger partial charge in [-0.3, -0.25) is 4.68 Å². The number of aromatic nitrogens is 3. The van der Waals surface area contributed by atoms with Gasteiger partial charge in [-0.25, -0.2) is 4.98 Å². The molecule has 0 bridgehead atoms. The van der Waals surface area contributed by atoms with Crippen molar-refractivity contribution in [3.63, 3.8) is 0 Å². The third kappa shape index (κ3) is 2.25. The molecule has 3 rings (SSSR count). The van der Waals surface area contributed by atoms with Gasteiger partial charge in [-0.1, -0.05) is 0 Å². The van der Waals surface area contributed by atoms with Gasteiger partial charge in [0.25, 0.3) is 0 Å². The zero-order valence-corrected chi connectivity index (χ0v) is 13.0. The van der Waals surface area contributed by atoms with Gasteiger partial charge in [0.1, 0.15) is 5.82 Å². The summed E-state index contributed by atoms with van der Waals surface area (Å²) in [5.74, 6) is 1.50. The Bertz CT molecular complexity index is 628. The predicted molar refractivity (Wildman–Crippen MR) is 82.5 cm³/mol. The van der Waals surface area contributed by atoms with Crippen molar-refractivity contribution in [3.8, 4) is 0 Å². The molecule has 1 fully saturated rings. The van der Waals surface area contributed by atoms with Crippen LogP contribution in [0.5, 0.6) is 0 Å². The number of aryl methyl sites for hydroxylation is 2. The monoisotopic (exact) mass is 293 g/mol. The molecule has 2 aromatic heterocycles. The van der Waals surface area contributed by atoms with E-state index in [0.29, 0.717) is 5.88 Å². The van der Waals surface area contributed by atoms with E-state index in [9.17, 15) is 0 Å². The third-order valence-corrected chi connectivity index (χ3v) is 4.29. The highest BCUT2D eigenvalue weighted by Gasteiger charge is 2.20. The number of alkyl halides is 1. The molecule has 1 aliphatic heterocycles. The lowest BCUT2D eigenvalue weighted by atomic mass is 10.2. The molecule has 0 radical (unpaired) electrons. The number of hydrogen-bond acceptors (Lipinski definition) is 4. The van der Waals surface area contributed by atoms with E-state index in [2.05, 4.69) is 28.0 Å². The summed E-state index contributed by atoms with van der Waals surface area (Å²) >= 11 is 6.14. The van der Waals surface area contributed by atoms with E-state index in [1.165, 1.54) is 0 Å². The van der Waals surface area contributed by atoms with Crippen molar-refractivity contribution >= 4 is 28.5 Å². The van der Waals surface area contributed by atoms with Gasteiger partial charge >= 0.3 is 0 Å². The van der Waals surface area contributed by atoms with Gasteiger partial charge in [0, 0.05) is 44.2 Å². The molecule has 2 aromatic rings. The number of likely N-dealkylation sites (N-methyl/N-ethyl adjacent to an activating group) is 1. The molecule has 1 aliphatic rings. The van der Waals surface area contributed by atoms with Gasteiger partial charge in [0.15, 0.2) is 5.65 Å². The van der Waals surface area contributed by atoms with Crippen LogP contribution in [0.3, 0.4) is 0 Å². The SMILES string of the molecule is Cc1nn(C)c2nc(N3CCN(C)CC3)c(CCl)cc12. The number of halogens is 1. The Morgan fingerprint density at radius 1 is 1.20 bits per heavy atom. The maximum atomic E-state index is 6.14. The zero-order chi connectivity index (χ0) is 14.3. The van der Waals surface area contributed by atoms with E-state index in [4.69, 9.17) is 16.6 Å². The molecule has 108 valence electrons. The van der Waals surface area contributed by atoms with Gasteiger partial charge in [0.05, 0.1) is 11.6 Å². The lowest BCUT2D eigenvalue weighted by Gasteiger charge is -2.34. The molecule has 5 nitrogen and oxygen atoms in total. The van der Waals surface area contributed by atoms with Gasteiger partial charge in [-0.05, 0) is 20.0 Å². The first kappa shape index (κ1) is 13.6. The van der Waals surface area contributed by atoms with E-state index in [1.54, 1.807) is 0 Å². The number of nitrogens with zero attached hydrogens (tertiary/aromatic N) is 5. The van der Waals surface area contributed by atoms with Crippen LogP contribution in [0.1, 0.15) is 11.3 Å². The van der Waals surface area contributed by atoms with Crippen molar-refractivity contribution in [2.45, 2.75) is 12.8 Å². The summed E-state index contributed by atoms with van der Waals surface area (Å²) in [5, 5.41) is 5.55. The lowest BCUT2D eigenvalue weighted by molar-refractivity contribution is 0.312. The van der Waals surface area contributed by atoms with Crippen LogP contribution in [-0.2, 0) is 12.9 Å². The summed E-state index contributed by atoms with van der Waals surface area (Å²) < 4.78 is 1.85. The minimum atomic E-state index is 0.485. The normalized spacial score (nSPS) is 17.1. The largest absolute Gasteiger partial charge is 0.354 e. The molecule has 0 amide bonds. The van der Waals surface area contributed by atoms with Crippen LogP contribution in [0.15, 0.2) is 6.07 Å². The van der Waals surface area contributed by atoms with Crippen molar-refractivity contribution in [1.82, 2.24) is 19.7 Å². The molecule has 0 atom stereocenters. The summed E-state index contributed by atoms with van der Waals surface area (Å²) in [7, 11) is 4.09. The third-order valence-electron chi connectivity index (χ3n) is 4.00. The first-order valence-electron chi connectivity index (χ1n) is 6.93. The molecule has 3 heterocycles. The summed E-state index contributed by atoms with van der Waals surface area (Å²) in [6, 6.07) is 2.14. The number of fused-ring (bicyclic) bond motifs is 1. The molecule has 0 aromatic carbocycles. The molecular weight excluding hydrogens is 274 g/mol. The fraction of sp³-hybridized carbons (Fsp3) is 0.571. The topological polar surface area (TPSA) is 37.2 Å². The van der Waals surface area contributed by atoms with Crippen LogP contribution >= 0.6 is 11.6 Å². The Kier molecular flexibility index (Phi) is 3.56. The summed E-state index contributed by atoms with van der Waals surface area (Å²) in [6.07, 6.45) is 0. The van der Waals surface area contributed by atoms with E-state index >= 15 is 0 Å². The maximum absolute atomic E-state index is 6.14. The Morgan fingerprint density at radius 2 is 1.90 bits per heavy atom. The molecule has 0 aliphatic carbocycles. The van der Waals surface area contributed by atoms with Crippen molar-refractivity contribution in [1.29, 1.82) is 0 Å². The van der Waals surface area contributed by atoms with Crippen molar-refractivity contribution in [3.05, 3.63) is 17.3 Å². The first-order chi connectivity index (χ1) is 9.60. The maximum Gasteiger partial charge on any atom is 0.160 e. The van der Waals surface area contributed by atoms with Crippen LogP contribution in [0, 0.1) is 6.92 Å². The van der Waals surface area contributed by atoms with Crippen LogP contribution < -0.4 is 4.90 Å². The highest BCUT2D eigenvalue weighted by Crippen LogP contribution is 2.27. The number of rotatable bonds is 2. The highest BCUT2D eigenvalue weighted by atomic mass is 35.5. The Balaban J connectivity index is 2.07. The fourth-order valence-corrected chi connectivity index (χ4v) is 2.96. The second-order valence-corrected chi connectivity index (χ2v) is 5.74. The number of anilines is 1. The number of pyridine rings is 1. The quantitative estimate of drug-likeness (QED) is 0.791. The molecule has 20 heavy (non-hydrogen) atoms. The minimum Gasteiger partial charge on any atom is -0.354 e. The molecule has 0 unspecified atom stereocenters. The van der Waals surface area contributed by atoms with E-state index in [1.807, 2.05) is 18.7 Å². The predicted octanol–water partition coefficient (Wildman–Crippen LogP) is 1.77. The van der Waals surface area contributed by atoms with Crippen LogP contribution in [0.2, 0.25) is 0 Å². The summed E-state index contributed by atoms with van der Waals surface area (Å²) in [6.45, 7) is 6.13. The molecular formula is C14H20ClN5. The molecule has 0 spiro atoms. The zero-order valence-electron chi connectivity index (χ0n) is 12.2. The molecule has 1 saturated heterocycles. The van der Waals surface area contributed by atoms with E-state index in [0.717, 1.165) is 54.3 Å². The Hall–Kier alpha value is -1.33. The average molecular weight is 294 g/mol. The molecule has 0 N–H and O–H groups in total. The highest BCUT2D eigenvalue weighted by molar-refractivity contribution is 6.17. The van der Waals surface area contributed by atoms with Gasteiger partial charge < -0.3 is 9.80 Å². The standard InChI is InChI=1S/C14H20ClN5/c1-10-12-8-11(9-15)13(16-14(12)19(3)17-10)20-6-4-18(2)5-7-20/h8H,4-7,9H2,1-3H3. The molecule has 0 saturated carbocycles. The Labute approximate surface area is 124 Å². The molecule has 6 heteroatoms. The number of hydrogen-bond donors (Lipinski definition) is 0. The van der Waals surface area contributed by atoms with Gasteiger partial charge in [-0.2, -0.15) is 5.10 Å². The Morgan fingerprint density at radius 3 is 2.55 bits per heavy atom. The van der Waals surface area contributed by atoms with Crippen molar-refractivity contribution < 1.29 is 0 Å².